The average molecular weight is 267 g/mol. The Kier molecular flexibility index (Phi) is 3.63. The number of aromatic nitrogens is 4. The highest BCUT2D eigenvalue weighted by atomic mass is 32.1. The molecule has 0 aromatic carbocycles. The van der Waals surface area contributed by atoms with Crippen LogP contribution in [0.15, 0.2) is 18.0 Å². The number of nitrogens with one attached hydrogen (secondary N) is 1. The molecule has 2 heterocycles. The summed E-state index contributed by atoms with van der Waals surface area (Å²) in [5, 5.41) is 11.6. The van der Waals surface area contributed by atoms with Gasteiger partial charge in [-0.25, -0.2) is 9.78 Å². The summed E-state index contributed by atoms with van der Waals surface area (Å²) in [4.78, 5) is 26.7. The smallest absolute Gasteiger partial charge is 0.413 e. The molecule has 0 aliphatic heterocycles. The SMILES string of the molecule is COC(=O)Nc1nc(CC(=O)n2cnnc2)cs1. The molecule has 1 amide bonds. The van der Waals surface area contributed by atoms with Crippen molar-refractivity contribution in [1.29, 1.82) is 0 Å². The summed E-state index contributed by atoms with van der Waals surface area (Å²) >= 11 is 1.22. The van der Waals surface area contributed by atoms with E-state index in [0.29, 0.717) is 10.8 Å². The summed E-state index contributed by atoms with van der Waals surface area (Å²) in [5.41, 5.74) is 0.560. The Morgan fingerprint density at radius 1 is 1.44 bits per heavy atom. The van der Waals surface area contributed by atoms with Crippen LogP contribution in [0.5, 0.6) is 0 Å². The minimum atomic E-state index is -0.596. The fraction of sp³-hybridized carbons (Fsp3) is 0.222. The lowest BCUT2D eigenvalue weighted by molar-refractivity contribution is 0.0912. The Hall–Kier alpha value is -2.29. The topological polar surface area (TPSA) is 99.0 Å². The molecule has 0 saturated carbocycles. The Bertz CT molecular complexity index is 550. The van der Waals surface area contributed by atoms with Gasteiger partial charge < -0.3 is 4.74 Å². The van der Waals surface area contributed by atoms with Gasteiger partial charge in [0, 0.05) is 5.38 Å². The van der Waals surface area contributed by atoms with Gasteiger partial charge in [0.15, 0.2) is 5.13 Å². The van der Waals surface area contributed by atoms with E-state index in [4.69, 9.17) is 0 Å². The molecule has 94 valence electrons. The van der Waals surface area contributed by atoms with Gasteiger partial charge >= 0.3 is 6.09 Å². The van der Waals surface area contributed by atoms with Gasteiger partial charge in [-0.15, -0.1) is 21.5 Å². The zero-order chi connectivity index (χ0) is 13.0. The molecule has 0 unspecified atom stereocenters. The van der Waals surface area contributed by atoms with Crippen molar-refractivity contribution in [2.24, 2.45) is 0 Å². The van der Waals surface area contributed by atoms with Crippen molar-refractivity contribution < 1.29 is 14.3 Å². The Labute approximate surface area is 106 Å². The van der Waals surface area contributed by atoms with Gasteiger partial charge in [-0.05, 0) is 0 Å². The fourth-order valence-corrected chi connectivity index (χ4v) is 1.86. The normalized spacial score (nSPS) is 10.1. The van der Waals surface area contributed by atoms with E-state index in [-0.39, 0.29) is 12.3 Å². The van der Waals surface area contributed by atoms with Crippen molar-refractivity contribution in [3.05, 3.63) is 23.7 Å². The molecule has 0 fully saturated rings. The lowest BCUT2D eigenvalue weighted by Gasteiger charge is -1.98. The van der Waals surface area contributed by atoms with Crippen LogP contribution in [0, 0.1) is 0 Å². The number of carbonyl (C=O) groups excluding carboxylic acids is 2. The van der Waals surface area contributed by atoms with Crippen LogP contribution in [-0.4, -0.2) is 38.9 Å². The summed E-state index contributed by atoms with van der Waals surface area (Å²) < 4.78 is 5.70. The minimum Gasteiger partial charge on any atom is -0.453 e. The third-order valence-electron chi connectivity index (χ3n) is 1.99. The molecule has 2 aromatic heterocycles. The molecule has 18 heavy (non-hydrogen) atoms. The van der Waals surface area contributed by atoms with Crippen LogP contribution >= 0.6 is 11.3 Å². The number of anilines is 1. The zero-order valence-electron chi connectivity index (χ0n) is 9.36. The van der Waals surface area contributed by atoms with Crippen molar-refractivity contribution in [3.63, 3.8) is 0 Å². The van der Waals surface area contributed by atoms with E-state index in [1.54, 1.807) is 5.38 Å². The summed E-state index contributed by atoms with van der Waals surface area (Å²) in [5.74, 6) is -0.199. The molecule has 1 N–H and O–H groups in total. The maximum atomic E-state index is 11.7. The number of ether oxygens (including phenoxy) is 1. The van der Waals surface area contributed by atoms with E-state index in [9.17, 15) is 9.59 Å². The summed E-state index contributed by atoms with van der Waals surface area (Å²) in [7, 11) is 1.26. The molecular weight excluding hydrogens is 258 g/mol. The first-order chi connectivity index (χ1) is 8.69. The van der Waals surface area contributed by atoms with Gasteiger partial charge in [0.1, 0.15) is 12.7 Å². The quantitative estimate of drug-likeness (QED) is 0.882. The summed E-state index contributed by atoms with van der Waals surface area (Å²) in [6, 6.07) is 0. The molecule has 0 spiro atoms. The van der Waals surface area contributed by atoms with E-state index in [0.717, 1.165) is 0 Å². The van der Waals surface area contributed by atoms with E-state index < -0.39 is 6.09 Å². The van der Waals surface area contributed by atoms with Crippen LogP contribution in [0.1, 0.15) is 10.5 Å². The number of hydrogen-bond donors (Lipinski definition) is 1. The van der Waals surface area contributed by atoms with Gasteiger partial charge in [-0.2, -0.15) is 0 Å². The maximum absolute atomic E-state index is 11.7. The molecule has 0 saturated heterocycles. The molecule has 2 rings (SSSR count). The highest BCUT2D eigenvalue weighted by Gasteiger charge is 2.11. The van der Waals surface area contributed by atoms with Crippen LogP contribution in [0.25, 0.3) is 0 Å². The number of hydrogen-bond acceptors (Lipinski definition) is 7. The van der Waals surface area contributed by atoms with Gasteiger partial charge in [0.05, 0.1) is 19.2 Å². The van der Waals surface area contributed by atoms with Crippen molar-refractivity contribution in [3.8, 4) is 0 Å². The fourth-order valence-electron chi connectivity index (χ4n) is 1.16. The number of rotatable bonds is 3. The largest absolute Gasteiger partial charge is 0.453 e. The van der Waals surface area contributed by atoms with Crippen LogP contribution in [0.3, 0.4) is 0 Å². The molecule has 0 aliphatic carbocycles. The molecule has 0 atom stereocenters. The average Bonchev–Trinajstić information content (AvgIpc) is 3.00. The van der Waals surface area contributed by atoms with Gasteiger partial charge in [-0.3, -0.25) is 14.7 Å². The molecule has 0 aliphatic rings. The Balaban J connectivity index is 1.98. The second kappa shape index (κ2) is 5.36. The van der Waals surface area contributed by atoms with E-state index in [1.807, 2.05) is 0 Å². The third-order valence-corrected chi connectivity index (χ3v) is 2.79. The van der Waals surface area contributed by atoms with E-state index >= 15 is 0 Å². The number of carbonyl (C=O) groups is 2. The predicted molar refractivity (Wildman–Crippen MR) is 62.5 cm³/mol. The third kappa shape index (κ3) is 2.88. The van der Waals surface area contributed by atoms with Crippen LogP contribution in [0.2, 0.25) is 0 Å². The van der Waals surface area contributed by atoms with Crippen LogP contribution in [-0.2, 0) is 11.2 Å². The van der Waals surface area contributed by atoms with Crippen molar-refractivity contribution in [1.82, 2.24) is 19.7 Å². The van der Waals surface area contributed by atoms with E-state index in [1.165, 1.54) is 35.7 Å². The first kappa shape index (κ1) is 12.2. The summed E-state index contributed by atoms with van der Waals surface area (Å²) in [6.07, 6.45) is 2.16. The van der Waals surface area contributed by atoms with E-state index in [2.05, 4.69) is 25.2 Å². The first-order valence-electron chi connectivity index (χ1n) is 4.86. The highest BCUT2D eigenvalue weighted by Crippen LogP contribution is 2.16. The lowest BCUT2D eigenvalue weighted by atomic mass is 10.3. The zero-order valence-corrected chi connectivity index (χ0v) is 10.2. The van der Waals surface area contributed by atoms with Gasteiger partial charge in [0.25, 0.3) is 0 Å². The van der Waals surface area contributed by atoms with Gasteiger partial charge in [-0.1, -0.05) is 0 Å². The van der Waals surface area contributed by atoms with Crippen LogP contribution in [0.4, 0.5) is 9.93 Å². The van der Waals surface area contributed by atoms with Crippen molar-refractivity contribution >= 4 is 28.5 Å². The second-order valence-corrected chi connectivity index (χ2v) is 4.06. The molecule has 0 bridgehead atoms. The number of thiazole rings is 1. The molecule has 8 nitrogen and oxygen atoms in total. The van der Waals surface area contributed by atoms with Crippen molar-refractivity contribution in [2.75, 3.05) is 12.4 Å². The lowest BCUT2D eigenvalue weighted by Crippen LogP contribution is -2.13. The monoisotopic (exact) mass is 267 g/mol. The number of nitrogens with zero attached hydrogens (tertiary/aromatic N) is 4. The minimum absolute atomic E-state index is 0.109. The maximum Gasteiger partial charge on any atom is 0.413 e. The molecule has 9 heteroatoms. The van der Waals surface area contributed by atoms with Gasteiger partial charge in [0.2, 0.25) is 5.91 Å². The highest BCUT2D eigenvalue weighted by molar-refractivity contribution is 7.13. The molecule has 0 radical (unpaired) electrons. The van der Waals surface area contributed by atoms with Crippen LogP contribution < -0.4 is 5.32 Å². The first-order valence-corrected chi connectivity index (χ1v) is 5.74. The number of amides is 1. The Morgan fingerprint density at radius 2 is 2.17 bits per heavy atom. The van der Waals surface area contributed by atoms with Crippen molar-refractivity contribution in [2.45, 2.75) is 6.42 Å². The molecular formula is C9H9N5O3S. The summed E-state index contributed by atoms with van der Waals surface area (Å²) in [6.45, 7) is 0. The second-order valence-electron chi connectivity index (χ2n) is 3.20. The standard InChI is InChI=1S/C9H9N5O3S/c1-17-9(16)13-8-12-6(3-18-8)2-7(15)14-4-10-11-5-14/h3-5H,2H2,1H3,(H,12,13,16). The molecule has 2 aromatic rings. The predicted octanol–water partition coefficient (Wildman–Crippen LogP) is 0.796. The number of methoxy groups -OCH3 is 1. The Morgan fingerprint density at radius 3 is 2.83 bits per heavy atom.